The fourth-order valence-electron chi connectivity index (χ4n) is 1.66. The largest absolute Gasteiger partial charge is 0.385 e. The molecule has 0 bridgehead atoms. The molecule has 0 saturated heterocycles. The van der Waals surface area contributed by atoms with Crippen LogP contribution in [0.3, 0.4) is 0 Å². The normalized spacial score (nSPS) is 13.2. The van der Waals surface area contributed by atoms with Gasteiger partial charge in [0.2, 0.25) is 0 Å². The van der Waals surface area contributed by atoms with E-state index in [4.69, 9.17) is 4.74 Å². The summed E-state index contributed by atoms with van der Waals surface area (Å²) in [4.78, 5) is 4.27. The molecule has 16 heavy (non-hydrogen) atoms. The van der Waals surface area contributed by atoms with Crippen LogP contribution in [0.4, 0.5) is 0 Å². The van der Waals surface area contributed by atoms with Crippen molar-refractivity contribution in [1.82, 2.24) is 10.3 Å². The van der Waals surface area contributed by atoms with E-state index in [0.29, 0.717) is 12.0 Å². The molecule has 1 heterocycles. The Morgan fingerprint density at radius 2 is 2.31 bits per heavy atom. The van der Waals surface area contributed by atoms with E-state index in [-0.39, 0.29) is 0 Å². The number of ether oxygens (including phenoxy) is 1. The van der Waals surface area contributed by atoms with Gasteiger partial charge >= 0.3 is 0 Å². The minimum Gasteiger partial charge on any atom is -0.385 e. The summed E-state index contributed by atoms with van der Waals surface area (Å²) in [5, 5.41) is 5.69. The Labute approximate surface area is 102 Å². The van der Waals surface area contributed by atoms with Crippen LogP contribution in [0, 0.1) is 5.92 Å². The predicted octanol–water partition coefficient (Wildman–Crippen LogP) is 2.34. The number of hydrogen-bond donors (Lipinski definition) is 1. The van der Waals surface area contributed by atoms with Gasteiger partial charge in [-0.3, -0.25) is 0 Å². The molecule has 4 heteroatoms. The van der Waals surface area contributed by atoms with Crippen molar-refractivity contribution in [2.75, 3.05) is 20.3 Å². The van der Waals surface area contributed by atoms with Crippen molar-refractivity contribution in [1.29, 1.82) is 0 Å². The number of methoxy groups -OCH3 is 1. The second-order valence-corrected chi connectivity index (χ2v) is 5.03. The summed E-state index contributed by atoms with van der Waals surface area (Å²) in [5.41, 5.74) is 3.08. The second-order valence-electron chi connectivity index (χ2n) is 4.32. The molecule has 1 N–H and O–H groups in total. The molecular weight excluding hydrogens is 220 g/mol. The maximum atomic E-state index is 5.12. The Bertz CT molecular complexity index is 262. The molecule has 0 aliphatic carbocycles. The van der Waals surface area contributed by atoms with Crippen LogP contribution in [0.15, 0.2) is 10.9 Å². The fraction of sp³-hybridized carbons (Fsp3) is 0.750. The molecule has 1 rings (SSSR count). The van der Waals surface area contributed by atoms with Crippen molar-refractivity contribution in [2.45, 2.75) is 32.7 Å². The zero-order valence-electron chi connectivity index (χ0n) is 10.4. The number of hydrogen-bond acceptors (Lipinski definition) is 4. The number of rotatable bonds is 8. The van der Waals surface area contributed by atoms with Crippen LogP contribution in [0.1, 0.15) is 26.0 Å². The van der Waals surface area contributed by atoms with E-state index in [1.807, 2.05) is 5.51 Å². The molecule has 3 nitrogen and oxygen atoms in total. The average Bonchev–Trinajstić information content (AvgIpc) is 2.75. The third-order valence-electron chi connectivity index (χ3n) is 2.71. The maximum absolute atomic E-state index is 5.12. The van der Waals surface area contributed by atoms with Gasteiger partial charge in [0.1, 0.15) is 0 Å². The summed E-state index contributed by atoms with van der Waals surface area (Å²) in [6.45, 7) is 6.31. The lowest BCUT2D eigenvalue weighted by Gasteiger charge is -2.21. The van der Waals surface area contributed by atoms with E-state index in [1.54, 1.807) is 18.4 Å². The lowest BCUT2D eigenvalue weighted by molar-refractivity contribution is 0.174. The van der Waals surface area contributed by atoms with E-state index < -0.39 is 0 Å². The summed E-state index contributed by atoms with van der Waals surface area (Å²) < 4.78 is 5.12. The number of thiazole rings is 1. The summed E-state index contributed by atoms with van der Waals surface area (Å²) in [7, 11) is 1.76. The molecule has 1 aromatic rings. The molecule has 0 saturated carbocycles. The first-order chi connectivity index (χ1) is 7.74. The van der Waals surface area contributed by atoms with Crippen LogP contribution < -0.4 is 5.32 Å². The smallest absolute Gasteiger partial charge is 0.0794 e. The van der Waals surface area contributed by atoms with Crippen LogP contribution in [-0.4, -0.2) is 31.3 Å². The first-order valence-electron chi connectivity index (χ1n) is 5.83. The van der Waals surface area contributed by atoms with Gasteiger partial charge in [0.15, 0.2) is 0 Å². The molecule has 0 aliphatic rings. The Morgan fingerprint density at radius 1 is 1.50 bits per heavy atom. The average molecular weight is 242 g/mol. The molecule has 1 aromatic heterocycles. The quantitative estimate of drug-likeness (QED) is 0.760. The van der Waals surface area contributed by atoms with Gasteiger partial charge in [-0.15, -0.1) is 11.3 Å². The fourth-order valence-corrected chi connectivity index (χ4v) is 2.26. The van der Waals surface area contributed by atoms with Gasteiger partial charge in [-0.25, -0.2) is 4.98 Å². The minimum absolute atomic E-state index is 0.540. The molecule has 0 spiro atoms. The molecule has 0 amide bonds. The summed E-state index contributed by atoms with van der Waals surface area (Å²) >= 11 is 1.66. The standard InChI is InChI=1S/C12H22N2OS/c1-10(2)12(5-7-15-3)13-6-4-11-8-16-9-14-11/h8-10,12-13H,4-7H2,1-3H3. The van der Waals surface area contributed by atoms with Crippen molar-refractivity contribution >= 4 is 11.3 Å². The molecule has 0 fully saturated rings. The van der Waals surface area contributed by atoms with Gasteiger partial charge in [0.05, 0.1) is 11.2 Å². The molecule has 1 atom stereocenters. The van der Waals surface area contributed by atoms with Gasteiger partial charge < -0.3 is 10.1 Å². The minimum atomic E-state index is 0.540. The zero-order chi connectivity index (χ0) is 11.8. The topological polar surface area (TPSA) is 34.1 Å². The molecule has 0 aliphatic heterocycles. The van der Waals surface area contributed by atoms with Crippen LogP contribution in [0.5, 0.6) is 0 Å². The predicted molar refractivity (Wildman–Crippen MR) is 68.9 cm³/mol. The number of nitrogens with zero attached hydrogens (tertiary/aromatic N) is 1. The van der Waals surface area contributed by atoms with Crippen LogP contribution in [0.2, 0.25) is 0 Å². The highest BCUT2D eigenvalue weighted by molar-refractivity contribution is 7.07. The van der Waals surface area contributed by atoms with Crippen LogP contribution >= 0.6 is 11.3 Å². The highest BCUT2D eigenvalue weighted by atomic mass is 32.1. The monoisotopic (exact) mass is 242 g/mol. The van der Waals surface area contributed by atoms with E-state index in [0.717, 1.165) is 26.0 Å². The molecule has 92 valence electrons. The SMILES string of the molecule is COCCC(NCCc1cscn1)C(C)C. The van der Waals surface area contributed by atoms with Crippen molar-refractivity contribution in [3.05, 3.63) is 16.6 Å². The van der Waals surface area contributed by atoms with Crippen molar-refractivity contribution in [3.8, 4) is 0 Å². The zero-order valence-corrected chi connectivity index (χ0v) is 11.2. The summed E-state index contributed by atoms with van der Waals surface area (Å²) in [5.74, 6) is 0.644. The highest BCUT2D eigenvalue weighted by Crippen LogP contribution is 2.07. The first-order valence-corrected chi connectivity index (χ1v) is 6.77. The Morgan fingerprint density at radius 3 is 2.88 bits per heavy atom. The van der Waals surface area contributed by atoms with Crippen molar-refractivity contribution in [3.63, 3.8) is 0 Å². The Kier molecular flexibility index (Phi) is 6.61. The van der Waals surface area contributed by atoms with Gasteiger partial charge in [-0.05, 0) is 12.3 Å². The third kappa shape index (κ3) is 5.05. The first kappa shape index (κ1) is 13.6. The van der Waals surface area contributed by atoms with Gasteiger partial charge in [-0.1, -0.05) is 13.8 Å². The third-order valence-corrected chi connectivity index (χ3v) is 3.34. The summed E-state index contributed by atoms with van der Waals surface area (Å²) in [6, 6.07) is 0.540. The second kappa shape index (κ2) is 7.76. The highest BCUT2D eigenvalue weighted by Gasteiger charge is 2.11. The Hall–Kier alpha value is -0.450. The van der Waals surface area contributed by atoms with Gasteiger partial charge in [-0.2, -0.15) is 0 Å². The van der Waals surface area contributed by atoms with Gasteiger partial charge in [0, 0.05) is 38.1 Å². The van der Waals surface area contributed by atoms with Crippen LogP contribution in [-0.2, 0) is 11.2 Å². The Balaban J connectivity index is 2.21. The van der Waals surface area contributed by atoms with E-state index in [2.05, 4.69) is 29.5 Å². The van der Waals surface area contributed by atoms with E-state index >= 15 is 0 Å². The molecular formula is C12H22N2OS. The molecule has 0 radical (unpaired) electrons. The van der Waals surface area contributed by atoms with Crippen molar-refractivity contribution < 1.29 is 4.74 Å². The van der Waals surface area contributed by atoms with Crippen LogP contribution in [0.25, 0.3) is 0 Å². The lowest BCUT2D eigenvalue weighted by Crippen LogP contribution is -2.36. The van der Waals surface area contributed by atoms with E-state index in [1.165, 1.54) is 5.69 Å². The maximum Gasteiger partial charge on any atom is 0.0794 e. The number of nitrogens with one attached hydrogen (secondary N) is 1. The lowest BCUT2D eigenvalue weighted by atomic mass is 10.0. The van der Waals surface area contributed by atoms with Gasteiger partial charge in [0.25, 0.3) is 0 Å². The molecule has 1 unspecified atom stereocenters. The summed E-state index contributed by atoms with van der Waals surface area (Å²) in [6.07, 6.45) is 2.09. The van der Waals surface area contributed by atoms with E-state index in [9.17, 15) is 0 Å². The molecule has 0 aromatic carbocycles. The van der Waals surface area contributed by atoms with Crippen molar-refractivity contribution in [2.24, 2.45) is 5.92 Å². The number of aromatic nitrogens is 1.